The number of rotatable bonds is 6. The van der Waals surface area contributed by atoms with Gasteiger partial charge in [-0.1, -0.05) is 36.2 Å². The fourth-order valence-corrected chi connectivity index (χ4v) is 2.63. The van der Waals surface area contributed by atoms with E-state index in [-0.39, 0.29) is 0 Å². The van der Waals surface area contributed by atoms with Gasteiger partial charge in [0, 0.05) is 23.5 Å². The van der Waals surface area contributed by atoms with Crippen molar-refractivity contribution in [2.75, 3.05) is 13.7 Å². The minimum Gasteiger partial charge on any atom is -0.465 e. The van der Waals surface area contributed by atoms with E-state index in [0.29, 0.717) is 12.6 Å². The molecule has 0 aliphatic heterocycles. The highest BCUT2D eigenvalue weighted by atomic mass is 79.9. The SMILES string of the molecule is CCCCOc1nc2ccc(Br)cc2c(=NC)n1CCC. The van der Waals surface area contributed by atoms with Gasteiger partial charge in [0.2, 0.25) is 0 Å². The van der Waals surface area contributed by atoms with E-state index in [0.717, 1.165) is 46.7 Å². The van der Waals surface area contributed by atoms with Gasteiger partial charge in [-0.2, -0.15) is 4.98 Å². The Labute approximate surface area is 134 Å². The van der Waals surface area contributed by atoms with E-state index in [1.165, 1.54) is 0 Å². The van der Waals surface area contributed by atoms with Gasteiger partial charge in [-0.05, 0) is 31.0 Å². The Bertz CT molecular complexity index is 679. The molecular formula is C16H22BrN3O. The maximum atomic E-state index is 5.89. The molecule has 0 aliphatic carbocycles. The number of benzene rings is 1. The second-order valence-corrected chi connectivity index (χ2v) is 5.87. The van der Waals surface area contributed by atoms with Crippen LogP contribution in [0.15, 0.2) is 27.7 Å². The maximum Gasteiger partial charge on any atom is 0.298 e. The minimum atomic E-state index is 0.667. The molecular weight excluding hydrogens is 330 g/mol. The minimum absolute atomic E-state index is 0.667. The molecule has 1 aromatic heterocycles. The van der Waals surface area contributed by atoms with E-state index >= 15 is 0 Å². The van der Waals surface area contributed by atoms with Gasteiger partial charge >= 0.3 is 0 Å². The predicted octanol–water partition coefficient (Wildman–Crippen LogP) is 3.92. The number of ether oxygens (including phenoxy) is 1. The summed E-state index contributed by atoms with van der Waals surface area (Å²) in [4.78, 5) is 9.14. The van der Waals surface area contributed by atoms with Crippen molar-refractivity contribution < 1.29 is 4.74 Å². The van der Waals surface area contributed by atoms with Crippen molar-refractivity contribution in [1.29, 1.82) is 0 Å². The first-order valence-electron chi connectivity index (χ1n) is 7.47. The van der Waals surface area contributed by atoms with Crippen LogP contribution in [0.4, 0.5) is 0 Å². The van der Waals surface area contributed by atoms with E-state index in [4.69, 9.17) is 4.74 Å². The van der Waals surface area contributed by atoms with Crippen molar-refractivity contribution in [3.63, 3.8) is 0 Å². The standard InChI is InChI=1S/C16H22BrN3O/c1-4-6-10-21-16-19-14-8-7-12(17)11-13(14)15(18-3)20(16)9-5-2/h7-8,11H,4-6,9-10H2,1-3H3. The van der Waals surface area contributed by atoms with E-state index in [1.54, 1.807) is 0 Å². The van der Waals surface area contributed by atoms with Crippen molar-refractivity contribution in [3.8, 4) is 6.01 Å². The van der Waals surface area contributed by atoms with E-state index in [1.807, 2.05) is 19.2 Å². The van der Waals surface area contributed by atoms with Gasteiger partial charge in [-0.3, -0.25) is 9.56 Å². The molecule has 4 nitrogen and oxygen atoms in total. The fraction of sp³-hybridized carbons (Fsp3) is 0.500. The largest absolute Gasteiger partial charge is 0.465 e. The van der Waals surface area contributed by atoms with E-state index in [9.17, 15) is 0 Å². The van der Waals surface area contributed by atoms with Crippen LogP contribution in [0.3, 0.4) is 0 Å². The lowest BCUT2D eigenvalue weighted by molar-refractivity contribution is 0.266. The molecule has 0 saturated heterocycles. The Kier molecular flexibility index (Phi) is 5.79. The molecule has 2 aromatic rings. The summed E-state index contributed by atoms with van der Waals surface area (Å²) >= 11 is 3.52. The quantitative estimate of drug-likeness (QED) is 0.740. The van der Waals surface area contributed by atoms with Gasteiger partial charge in [0.1, 0.15) is 5.49 Å². The van der Waals surface area contributed by atoms with Crippen LogP contribution in [-0.4, -0.2) is 23.2 Å². The molecule has 21 heavy (non-hydrogen) atoms. The smallest absolute Gasteiger partial charge is 0.298 e. The maximum absolute atomic E-state index is 5.89. The van der Waals surface area contributed by atoms with Gasteiger partial charge < -0.3 is 4.74 Å². The summed E-state index contributed by atoms with van der Waals surface area (Å²) in [6.45, 7) is 5.84. The van der Waals surface area contributed by atoms with Crippen molar-refractivity contribution >= 4 is 26.8 Å². The first kappa shape index (κ1) is 16.0. The summed E-state index contributed by atoms with van der Waals surface area (Å²) in [5, 5.41) is 1.04. The molecule has 0 unspecified atom stereocenters. The van der Waals surface area contributed by atoms with Crippen molar-refractivity contribution in [1.82, 2.24) is 9.55 Å². The second kappa shape index (κ2) is 7.59. The summed E-state index contributed by atoms with van der Waals surface area (Å²) in [7, 11) is 1.82. The Morgan fingerprint density at radius 3 is 2.76 bits per heavy atom. The molecule has 0 atom stereocenters. The summed E-state index contributed by atoms with van der Waals surface area (Å²) in [5.74, 6) is 0. The molecule has 0 N–H and O–H groups in total. The molecule has 1 aromatic carbocycles. The van der Waals surface area contributed by atoms with Crippen molar-refractivity contribution in [2.45, 2.75) is 39.7 Å². The normalized spacial score (nSPS) is 12.1. The molecule has 0 fully saturated rings. The molecule has 0 spiro atoms. The highest BCUT2D eigenvalue weighted by molar-refractivity contribution is 9.10. The second-order valence-electron chi connectivity index (χ2n) is 4.96. The fourth-order valence-electron chi connectivity index (χ4n) is 2.27. The lowest BCUT2D eigenvalue weighted by Gasteiger charge is -2.15. The van der Waals surface area contributed by atoms with Crippen LogP contribution in [0.1, 0.15) is 33.1 Å². The third kappa shape index (κ3) is 3.64. The molecule has 1 heterocycles. The van der Waals surface area contributed by atoms with Crippen LogP contribution >= 0.6 is 15.9 Å². The number of aromatic nitrogens is 2. The highest BCUT2D eigenvalue weighted by Gasteiger charge is 2.10. The predicted molar refractivity (Wildman–Crippen MR) is 89.6 cm³/mol. The first-order valence-corrected chi connectivity index (χ1v) is 8.26. The van der Waals surface area contributed by atoms with Crippen LogP contribution in [0.25, 0.3) is 10.9 Å². The third-order valence-electron chi connectivity index (χ3n) is 3.29. The van der Waals surface area contributed by atoms with Gasteiger partial charge in [-0.25, -0.2) is 0 Å². The Morgan fingerprint density at radius 1 is 1.29 bits per heavy atom. The zero-order chi connectivity index (χ0) is 15.2. The summed E-state index contributed by atoms with van der Waals surface area (Å²) in [6.07, 6.45) is 3.16. The molecule has 0 saturated carbocycles. The van der Waals surface area contributed by atoms with E-state index in [2.05, 4.69) is 50.4 Å². The number of fused-ring (bicyclic) bond motifs is 1. The Balaban J connectivity index is 2.61. The van der Waals surface area contributed by atoms with Crippen LogP contribution in [-0.2, 0) is 6.54 Å². The summed E-state index contributed by atoms with van der Waals surface area (Å²) in [5.41, 5.74) is 1.84. The van der Waals surface area contributed by atoms with Gasteiger partial charge in [0.15, 0.2) is 0 Å². The van der Waals surface area contributed by atoms with Crippen molar-refractivity contribution in [2.24, 2.45) is 4.99 Å². The average molecular weight is 352 g/mol. The van der Waals surface area contributed by atoms with Crippen LogP contribution in [0, 0.1) is 0 Å². The molecule has 0 radical (unpaired) electrons. The van der Waals surface area contributed by atoms with E-state index < -0.39 is 0 Å². The summed E-state index contributed by atoms with van der Waals surface area (Å²) < 4.78 is 9.00. The molecule has 114 valence electrons. The average Bonchev–Trinajstić information content (AvgIpc) is 2.48. The Hall–Kier alpha value is -1.36. The van der Waals surface area contributed by atoms with Gasteiger partial charge in [0.25, 0.3) is 6.01 Å². The number of unbranched alkanes of at least 4 members (excludes halogenated alkanes) is 1. The van der Waals surface area contributed by atoms with Crippen LogP contribution < -0.4 is 10.2 Å². The van der Waals surface area contributed by atoms with Crippen LogP contribution in [0.5, 0.6) is 6.01 Å². The summed E-state index contributed by atoms with van der Waals surface area (Å²) in [6, 6.07) is 6.72. The van der Waals surface area contributed by atoms with Gasteiger partial charge in [-0.15, -0.1) is 0 Å². The molecule has 0 amide bonds. The monoisotopic (exact) mass is 351 g/mol. The lowest BCUT2D eigenvalue weighted by atomic mass is 10.2. The topological polar surface area (TPSA) is 39.4 Å². The Morgan fingerprint density at radius 2 is 2.10 bits per heavy atom. The number of hydrogen-bond donors (Lipinski definition) is 0. The third-order valence-corrected chi connectivity index (χ3v) is 3.78. The highest BCUT2D eigenvalue weighted by Crippen LogP contribution is 2.18. The molecule has 0 aliphatic rings. The lowest BCUT2D eigenvalue weighted by Crippen LogP contribution is -2.25. The zero-order valence-electron chi connectivity index (χ0n) is 12.9. The van der Waals surface area contributed by atoms with Crippen molar-refractivity contribution in [3.05, 3.63) is 28.2 Å². The first-order chi connectivity index (χ1) is 10.2. The number of nitrogens with zero attached hydrogens (tertiary/aromatic N) is 3. The molecule has 2 rings (SSSR count). The number of halogens is 1. The zero-order valence-corrected chi connectivity index (χ0v) is 14.5. The number of hydrogen-bond acceptors (Lipinski definition) is 3. The molecule has 5 heteroatoms. The van der Waals surface area contributed by atoms with Crippen LogP contribution in [0.2, 0.25) is 0 Å². The molecule has 0 bridgehead atoms. The van der Waals surface area contributed by atoms with Gasteiger partial charge in [0.05, 0.1) is 12.1 Å².